The zero-order valence-corrected chi connectivity index (χ0v) is 29.3. The van der Waals surface area contributed by atoms with Gasteiger partial charge in [-0.3, -0.25) is 18.7 Å². The molecule has 2 aromatic heterocycles. The highest BCUT2D eigenvalue weighted by Gasteiger charge is 2.40. The van der Waals surface area contributed by atoms with Crippen molar-refractivity contribution in [3.63, 3.8) is 0 Å². The first-order valence-electron chi connectivity index (χ1n) is 16.1. The Bertz CT molecular complexity index is 2460. The number of ether oxygens (including phenoxy) is 3. The lowest BCUT2D eigenvalue weighted by atomic mass is 10.1. The van der Waals surface area contributed by atoms with Gasteiger partial charge in [0.2, 0.25) is 11.8 Å². The molecule has 1 atom stereocenters. The minimum Gasteiger partial charge on any atom is -0.418 e. The van der Waals surface area contributed by atoms with E-state index in [0.717, 1.165) is 9.13 Å². The molecule has 274 valence electrons. The summed E-state index contributed by atoms with van der Waals surface area (Å²) in [6.07, 6.45) is 2.41. The number of nitriles is 2. The van der Waals surface area contributed by atoms with Gasteiger partial charge in [-0.15, -0.1) is 36.9 Å². The molecule has 0 saturated carbocycles. The molecule has 0 saturated heterocycles. The van der Waals surface area contributed by atoms with Gasteiger partial charge in [-0.05, 0) is 67.0 Å². The van der Waals surface area contributed by atoms with Crippen LogP contribution >= 0.6 is 0 Å². The van der Waals surface area contributed by atoms with E-state index in [4.69, 9.17) is 14.2 Å². The van der Waals surface area contributed by atoms with Gasteiger partial charge in [0.15, 0.2) is 22.9 Å². The normalized spacial score (nSPS) is 15.1. The van der Waals surface area contributed by atoms with E-state index in [1.54, 1.807) is 0 Å². The van der Waals surface area contributed by atoms with Crippen molar-refractivity contribution in [1.29, 1.82) is 10.5 Å². The van der Waals surface area contributed by atoms with Crippen molar-refractivity contribution in [1.82, 2.24) is 9.13 Å². The number of azo groups is 2. The molecule has 0 spiro atoms. The molecular weight excluding hydrogens is 704 g/mol. The third-order valence-corrected chi connectivity index (χ3v) is 8.11. The third-order valence-electron chi connectivity index (χ3n) is 8.11. The molecule has 0 amide bonds. The molecule has 2 aromatic carbocycles. The molecule has 3 heterocycles. The number of nitroso groups, excluding NO2 is 2. The molecule has 1 aliphatic rings. The molecule has 4 aromatic rings. The summed E-state index contributed by atoms with van der Waals surface area (Å²) in [5.74, 6) is -3.24. The summed E-state index contributed by atoms with van der Waals surface area (Å²) >= 11 is 0. The minimum absolute atomic E-state index is 0.00574. The van der Waals surface area contributed by atoms with E-state index < -0.39 is 17.1 Å². The number of fused-ring (bicyclic) bond motifs is 2. The predicted octanol–water partition coefficient (Wildman–Crippen LogP) is 8.36. The van der Waals surface area contributed by atoms with Crippen molar-refractivity contribution in [3.05, 3.63) is 102 Å². The average molecular weight is 735 g/mol. The number of hydrogen-bond acceptors (Lipinski definition) is 17. The Morgan fingerprint density at radius 2 is 1.63 bits per heavy atom. The number of pyridine rings is 2. The fourth-order valence-electron chi connectivity index (χ4n) is 5.37. The second kappa shape index (κ2) is 15.9. The predicted molar refractivity (Wildman–Crippen MR) is 191 cm³/mol. The first-order valence-corrected chi connectivity index (χ1v) is 16.1. The molecule has 0 aliphatic carbocycles. The van der Waals surface area contributed by atoms with E-state index in [0.29, 0.717) is 12.8 Å². The summed E-state index contributed by atoms with van der Waals surface area (Å²) in [4.78, 5) is 54.6. The van der Waals surface area contributed by atoms with Crippen molar-refractivity contribution in [2.24, 2.45) is 30.8 Å². The fourth-order valence-corrected chi connectivity index (χ4v) is 5.37. The van der Waals surface area contributed by atoms with Gasteiger partial charge in [0.25, 0.3) is 11.1 Å². The molecule has 5 rings (SSSR count). The van der Waals surface area contributed by atoms with Crippen molar-refractivity contribution >= 4 is 34.1 Å². The topological polar surface area (TPSA) is 257 Å². The zero-order chi connectivity index (χ0) is 39.2. The SMILES string of the molecule is C=CCn1c2c(c(C)c(C#N)c1=O)/N=N/c1cc(N=O)ccc1O[C@](C)(Oc1c(/N=N/c3cc(N=O)ccc3OO)c(C)c(C#N)c(=O)n1CCCC)O2. The summed E-state index contributed by atoms with van der Waals surface area (Å²) < 4.78 is 21.4. The van der Waals surface area contributed by atoms with Gasteiger partial charge in [0.1, 0.15) is 46.0 Å². The van der Waals surface area contributed by atoms with Gasteiger partial charge >= 0.3 is 5.97 Å². The van der Waals surface area contributed by atoms with Crippen LogP contribution in [0, 0.1) is 46.3 Å². The molecule has 54 heavy (non-hydrogen) atoms. The zero-order valence-electron chi connectivity index (χ0n) is 29.3. The van der Waals surface area contributed by atoms with Crippen LogP contribution in [0.1, 0.15) is 48.9 Å². The molecule has 19 heteroatoms. The minimum atomic E-state index is -2.38. The van der Waals surface area contributed by atoms with Crippen LogP contribution in [-0.4, -0.2) is 20.4 Å². The van der Waals surface area contributed by atoms with Crippen LogP contribution in [-0.2, 0) is 13.1 Å². The fraction of sp³-hybridized carbons (Fsp3) is 0.257. The number of benzene rings is 2. The first-order chi connectivity index (χ1) is 26.0. The van der Waals surface area contributed by atoms with E-state index >= 15 is 0 Å². The van der Waals surface area contributed by atoms with Crippen molar-refractivity contribution in [2.45, 2.75) is 59.6 Å². The van der Waals surface area contributed by atoms with Crippen LogP contribution in [0.2, 0.25) is 0 Å². The van der Waals surface area contributed by atoms with Gasteiger partial charge < -0.3 is 19.1 Å². The molecule has 19 nitrogen and oxygen atoms in total. The highest BCUT2D eigenvalue weighted by atomic mass is 17.1. The summed E-state index contributed by atoms with van der Waals surface area (Å²) in [7, 11) is 0. The van der Waals surface area contributed by atoms with Gasteiger partial charge in [0.05, 0.1) is 6.92 Å². The number of hydrogen-bond donors (Lipinski definition) is 1. The number of nitrogens with zero attached hydrogens (tertiary/aromatic N) is 10. The Labute approximate surface area is 305 Å². The van der Waals surface area contributed by atoms with Crippen LogP contribution in [0.15, 0.2) is 89.5 Å². The maximum Gasteiger partial charge on any atom is 0.416 e. The number of rotatable bonds is 12. The van der Waals surface area contributed by atoms with Crippen molar-refractivity contribution < 1.29 is 24.4 Å². The quantitative estimate of drug-likeness (QED) is 0.0475. The number of aromatic nitrogens is 2. The average Bonchev–Trinajstić information content (AvgIpc) is 3.22. The van der Waals surface area contributed by atoms with E-state index in [9.17, 15) is 35.2 Å². The van der Waals surface area contributed by atoms with Crippen LogP contribution in [0.5, 0.6) is 23.3 Å². The Hall–Kier alpha value is -7.38. The van der Waals surface area contributed by atoms with Crippen LogP contribution < -0.4 is 30.2 Å². The molecule has 0 fully saturated rings. The van der Waals surface area contributed by atoms with Crippen LogP contribution in [0.3, 0.4) is 0 Å². The van der Waals surface area contributed by atoms with E-state index in [-0.39, 0.29) is 92.7 Å². The van der Waals surface area contributed by atoms with E-state index in [1.165, 1.54) is 63.2 Å². The molecule has 0 radical (unpaired) electrons. The summed E-state index contributed by atoms with van der Waals surface area (Å²) in [6, 6.07) is 11.4. The van der Waals surface area contributed by atoms with E-state index in [2.05, 4.69) is 42.3 Å². The lowest BCUT2D eigenvalue weighted by Gasteiger charge is -2.33. The molecule has 0 unspecified atom stereocenters. The Morgan fingerprint density at radius 1 is 0.963 bits per heavy atom. The lowest BCUT2D eigenvalue weighted by molar-refractivity contribution is -0.243. The standard InChI is InChI=1S/C35H30N10O9/c1-6-8-14-45-32(47)24(18-37)20(4)30(41-39-26-16-22(43-49)10-12-28(26)54-50)34(45)53-35(5)51-27-11-9-21(42-48)15-25(27)38-40-29-19(3)23(17-36)31(46)44(13-7-2)33(29)52-35/h7,9-12,15-16,50H,2,6,8,13-14H2,1,3-5H3/b40-38+,41-39+/t35-/m0/s1. The highest BCUT2D eigenvalue weighted by Crippen LogP contribution is 2.44. The van der Waals surface area contributed by atoms with E-state index in [1.807, 2.05) is 19.1 Å². The molecule has 1 aliphatic heterocycles. The van der Waals surface area contributed by atoms with Gasteiger partial charge in [-0.1, -0.05) is 19.4 Å². The van der Waals surface area contributed by atoms with Gasteiger partial charge in [0, 0.05) is 24.2 Å². The summed E-state index contributed by atoms with van der Waals surface area (Å²) in [5.41, 5.74) is -2.52. The van der Waals surface area contributed by atoms with Crippen LogP contribution in [0.4, 0.5) is 34.1 Å². The number of allylic oxidation sites excluding steroid dienone is 1. The molecule has 0 bridgehead atoms. The number of unbranched alkanes of at least 4 members (excludes halogenated alkanes) is 1. The molecule has 1 N–H and O–H groups in total. The second-order valence-corrected chi connectivity index (χ2v) is 11.7. The lowest BCUT2D eigenvalue weighted by Crippen LogP contribution is -2.47. The highest BCUT2D eigenvalue weighted by molar-refractivity contribution is 5.65. The summed E-state index contributed by atoms with van der Waals surface area (Å²) in [5, 5.41) is 52.2. The summed E-state index contributed by atoms with van der Waals surface area (Å²) in [6.45, 7) is 9.61. The molecular formula is C35H30N10O9. The van der Waals surface area contributed by atoms with Gasteiger partial charge in [-0.2, -0.15) is 10.5 Å². The van der Waals surface area contributed by atoms with Gasteiger partial charge in [-0.25, -0.2) is 5.26 Å². The maximum absolute atomic E-state index is 13.9. The third kappa shape index (κ3) is 7.20. The largest absolute Gasteiger partial charge is 0.418 e. The monoisotopic (exact) mass is 734 g/mol. The van der Waals surface area contributed by atoms with Crippen LogP contribution in [0.25, 0.3) is 0 Å². The van der Waals surface area contributed by atoms with Crippen molar-refractivity contribution in [3.8, 4) is 35.4 Å². The Balaban J connectivity index is 1.85. The Morgan fingerprint density at radius 3 is 2.28 bits per heavy atom. The smallest absolute Gasteiger partial charge is 0.416 e. The second-order valence-electron chi connectivity index (χ2n) is 11.7. The first kappa shape index (κ1) is 37.9. The van der Waals surface area contributed by atoms with Crippen molar-refractivity contribution in [2.75, 3.05) is 0 Å². The Kier molecular flexibility index (Phi) is 11.1. The maximum atomic E-state index is 13.9.